The maximum atomic E-state index is 12.4. The van der Waals surface area contributed by atoms with Crippen LogP contribution in [0.3, 0.4) is 0 Å². The standard InChI is InChI=1S/C17H29NO3/c1-5-6-7-8-13(4)18-16(19)14-9-11(2)12(3)10-15(14)17(20)21/h13-15H,5-10H2,1-4H3,(H,18,19)(H,20,21)/t13-,14-,15-/m0/s1. The van der Waals surface area contributed by atoms with E-state index in [4.69, 9.17) is 0 Å². The normalized spacial score (nSPS) is 23.8. The summed E-state index contributed by atoms with van der Waals surface area (Å²) in [6.07, 6.45) is 5.44. The molecule has 0 spiro atoms. The van der Waals surface area contributed by atoms with E-state index in [9.17, 15) is 14.7 Å². The summed E-state index contributed by atoms with van der Waals surface area (Å²) in [6, 6.07) is 0.116. The second-order valence-corrected chi connectivity index (χ2v) is 6.43. The Morgan fingerprint density at radius 1 is 1.19 bits per heavy atom. The smallest absolute Gasteiger partial charge is 0.307 e. The van der Waals surface area contributed by atoms with Crippen LogP contribution < -0.4 is 5.32 Å². The Labute approximate surface area is 128 Å². The first-order valence-electron chi connectivity index (χ1n) is 8.05. The van der Waals surface area contributed by atoms with Crippen LogP contribution in [-0.4, -0.2) is 23.0 Å². The highest BCUT2D eigenvalue weighted by Crippen LogP contribution is 2.34. The Balaban J connectivity index is 2.64. The van der Waals surface area contributed by atoms with Crippen LogP contribution in [0.2, 0.25) is 0 Å². The number of hydrogen-bond acceptors (Lipinski definition) is 2. The zero-order valence-corrected chi connectivity index (χ0v) is 13.7. The van der Waals surface area contributed by atoms with Gasteiger partial charge in [0.25, 0.3) is 0 Å². The second-order valence-electron chi connectivity index (χ2n) is 6.43. The fourth-order valence-electron chi connectivity index (χ4n) is 2.95. The van der Waals surface area contributed by atoms with Gasteiger partial charge < -0.3 is 10.4 Å². The van der Waals surface area contributed by atoms with Crippen LogP contribution in [0.25, 0.3) is 0 Å². The number of rotatable bonds is 7. The summed E-state index contributed by atoms with van der Waals surface area (Å²) in [5.41, 5.74) is 2.27. The number of hydrogen-bond donors (Lipinski definition) is 2. The minimum absolute atomic E-state index is 0.0988. The van der Waals surface area contributed by atoms with E-state index >= 15 is 0 Å². The summed E-state index contributed by atoms with van der Waals surface area (Å²) < 4.78 is 0. The Morgan fingerprint density at radius 3 is 2.29 bits per heavy atom. The minimum Gasteiger partial charge on any atom is -0.481 e. The van der Waals surface area contributed by atoms with Gasteiger partial charge in [0, 0.05) is 6.04 Å². The molecule has 0 saturated heterocycles. The summed E-state index contributed by atoms with van der Waals surface area (Å²) in [6.45, 7) is 8.12. The topological polar surface area (TPSA) is 66.4 Å². The van der Waals surface area contributed by atoms with Gasteiger partial charge in [0.1, 0.15) is 0 Å². The molecular formula is C17H29NO3. The zero-order valence-electron chi connectivity index (χ0n) is 13.7. The van der Waals surface area contributed by atoms with Gasteiger partial charge in [-0.25, -0.2) is 0 Å². The Hall–Kier alpha value is -1.32. The summed E-state index contributed by atoms with van der Waals surface area (Å²) in [5.74, 6) is -1.98. The molecule has 0 aromatic carbocycles. The number of allylic oxidation sites excluding steroid dienone is 2. The highest BCUT2D eigenvalue weighted by atomic mass is 16.4. The number of nitrogens with one attached hydrogen (secondary N) is 1. The summed E-state index contributed by atoms with van der Waals surface area (Å²) in [5, 5.41) is 12.4. The molecule has 0 heterocycles. The van der Waals surface area contributed by atoms with Gasteiger partial charge in [-0.1, -0.05) is 37.3 Å². The van der Waals surface area contributed by atoms with E-state index in [2.05, 4.69) is 12.2 Å². The Kier molecular flexibility index (Phi) is 6.93. The van der Waals surface area contributed by atoms with Crippen LogP contribution in [0.5, 0.6) is 0 Å². The summed E-state index contributed by atoms with van der Waals surface area (Å²) in [4.78, 5) is 23.8. The van der Waals surface area contributed by atoms with Crippen molar-refractivity contribution in [3.63, 3.8) is 0 Å². The fraction of sp³-hybridized carbons (Fsp3) is 0.765. The van der Waals surface area contributed by atoms with Crippen molar-refractivity contribution in [1.29, 1.82) is 0 Å². The van der Waals surface area contributed by atoms with Gasteiger partial charge in [0.05, 0.1) is 11.8 Å². The first-order valence-corrected chi connectivity index (χ1v) is 8.05. The van der Waals surface area contributed by atoms with Gasteiger partial charge in [-0.3, -0.25) is 9.59 Å². The first-order chi connectivity index (χ1) is 9.86. The van der Waals surface area contributed by atoms with Crippen molar-refractivity contribution < 1.29 is 14.7 Å². The molecule has 0 bridgehead atoms. The van der Waals surface area contributed by atoms with Crippen LogP contribution in [0.4, 0.5) is 0 Å². The molecule has 0 unspecified atom stereocenters. The van der Waals surface area contributed by atoms with Gasteiger partial charge in [0.2, 0.25) is 5.91 Å². The van der Waals surface area contributed by atoms with E-state index in [1.54, 1.807) is 0 Å². The summed E-state index contributed by atoms with van der Waals surface area (Å²) in [7, 11) is 0. The molecule has 1 rings (SSSR count). The molecule has 4 heteroatoms. The Bertz CT molecular complexity index is 414. The highest BCUT2D eigenvalue weighted by Gasteiger charge is 2.37. The van der Waals surface area contributed by atoms with Gasteiger partial charge in [0.15, 0.2) is 0 Å². The first kappa shape index (κ1) is 17.7. The molecule has 0 saturated carbocycles. The second kappa shape index (κ2) is 8.20. The lowest BCUT2D eigenvalue weighted by molar-refractivity contribution is -0.147. The quantitative estimate of drug-likeness (QED) is 0.558. The lowest BCUT2D eigenvalue weighted by atomic mass is 9.76. The molecule has 0 aliphatic heterocycles. The van der Waals surface area contributed by atoms with Crippen LogP contribution >= 0.6 is 0 Å². The van der Waals surface area contributed by atoms with Crippen molar-refractivity contribution in [2.24, 2.45) is 11.8 Å². The van der Waals surface area contributed by atoms with Crippen LogP contribution in [-0.2, 0) is 9.59 Å². The summed E-state index contributed by atoms with van der Waals surface area (Å²) >= 11 is 0. The molecule has 2 N–H and O–H groups in total. The predicted molar refractivity (Wildman–Crippen MR) is 84.0 cm³/mol. The zero-order chi connectivity index (χ0) is 16.0. The van der Waals surface area contributed by atoms with Crippen molar-refractivity contribution in [3.8, 4) is 0 Å². The minimum atomic E-state index is -0.861. The van der Waals surface area contributed by atoms with Crippen LogP contribution in [0.1, 0.15) is 66.2 Å². The van der Waals surface area contributed by atoms with Gasteiger partial charge in [-0.05, 0) is 40.0 Å². The number of unbranched alkanes of at least 4 members (excludes halogenated alkanes) is 2. The molecule has 0 aromatic rings. The van der Waals surface area contributed by atoms with E-state index in [0.717, 1.165) is 30.4 Å². The van der Waals surface area contributed by atoms with Crippen molar-refractivity contribution in [3.05, 3.63) is 11.1 Å². The van der Waals surface area contributed by atoms with Crippen molar-refractivity contribution >= 4 is 11.9 Å². The van der Waals surface area contributed by atoms with Crippen LogP contribution in [0, 0.1) is 11.8 Å². The van der Waals surface area contributed by atoms with Gasteiger partial charge in [-0.15, -0.1) is 0 Å². The molecule has 120 valence electrons. The maximum Gasteiger partial charge on any atom is 0.307 e. The van der Waals surface area contributed by atoms with E-state index in [0.29, 0.717) is 12.8 Å². The maximum absolute atomic E-state index is 12.4. The molecule has 0 aromatic heterocycles. The van der Waals surface area contributed by atoms with E-state index in [1.807, 2.05) is 20.8 Å². The van der Waals surface area contributed by atoms with E-state index in [-0.39, 0.29) is 11.9 Å². The van der Waals surface area contributed by atoms with Crippen molar-refractivity contribution in [1.82, 2.24) is 5.32 Å². The number of carbonyl (C=O) groups excluding carboxylic acids is 1. The van der Waals surface area contributed by atoms with E-state index < -0.39 is 17.8 Å². The molecule has 1 aliphatic carbocycles. The molecule has 0 fully saturated rings. The van der Waals surface area contributed by atoms with Gasteiger partial charge in [-0.2, -0.15) is 0 Å². The largest absolute Gasteiger partial charge is 0.481 e. The average Bonchev–Trinajstić information content (AvgIpc) is 2.41. The number of carboxylic acid groups (broad SMARTS) is 1. The third-order valence-electron chi connectivity index (χ3n) is 4.55. The highest BCUT2D eigenvalue weighted by molar-refractivity contribution is 5.85. The molecule has 0 radical (unpaired) electrons. The van der Waals surface area contributed by atoms with Crippen molar-refractivity contribution in [2.75, 3.05) is 0 Å². The number of aliphatic carboxylic acids is 1. The third-order valence-corrected chi connectivity index (χ3v) is 4.55. The van der Waals surface area contributed by atoms with Crippen LogP contribution in [0.15, 0.2) is 11.1 Å². The molecule has 1 aliphatic rings. The number of carboxylic acids is 1. The van der Waals surface area contributed by atoms with Crippen molar-refractivity contribution in [2.45, 2.75) is 72.3 Å². The van der Waals surface area contributed by atoms with Gasteiger partial charge >= 0.3 is 5.97 Å². The lowest BCUT2D eigenvalue weighted by Crippen LogP contribution is -2.43. The van der Waals surface area contributed by atoms with E-state index in [1.165, 1.54) is 6.42 Å². The monoisotopic (exact) mass is 295 g/mol. The molecule has 4 nitrogen and oxygen atoms in total. The lowest BCUT2D eigenvalue weighted by Gasteiger charge is -2.30. The SMILES string of the molecule is CCCCC[C@H](C)NC(=O)[C@H]1CC(C)=C(C)C[C@@H]1C(=O)O. The molecule has 3 atom stereocenters. The number of carbonyl (C=O) groups is 2. The Morgan fingerprint density at radius 2 is 1.76 bits per heavy atom. The molecular weight excluding hydrogens is 266 g/mol. The predicted octanol–water partition coefficient (Wildman–Crippen LogP) is 3.52. The molecule has 21 heavy (non-hydrogen) atoms. The molecule has 1 amide bonds. The third kappa shape index (κ3) is 5.18. The number of amides is 1. The fourth-order valence-corrected chi connectivity index (χ4v) is 2.95. The average molecular weight is 295 g/mol.